The molecule has 1 fully saturated rings. The van der Waals surface area contributed by atoms with Crippen molar-refractivity contribution in [3.8, 4) is 0 Å². The molecule has 7 nitrogen and oxygen atoms in total. The van der Waals surface area contributed by atoms with Gasteiger partial charge in [-0.05, 0) is 43.0 Å². The van der Waals surface area contributed by atoms with E-state index in [4.69, 9.17) is 5.73 Å². The van der Waals surface area contributed by atoms with Crippen LogP contribution in [0.3, 0.4) is 0 Å². The molecule has 2 aromatic heterocycles. The van der Waals surface area contributed by atoms with Crippen molar-refractivity contribution >= 4 is 26.9 Å². The number of rotatable bonds is 5. The van der Waals surface area contributed by atoms with Gasteiger partial charge in [-0.1, -0.05) is 12.1 Å². The minimum Gasteiger partial charge on any atom is -0.351 e. The summed E-state index contributed by atoms with van der Waals surface area (Å²) < 4.78 is 27.3. The first-order valence-electron chi connectivity index (χ1n) is 8.47. The largest absolute Gasteiger partial charge is 0.351 e. The lowest BCUT2D eigenvalue weighted by molar-refractivity contribution is 0.522. The summed E-state index contributed by atoms with van der Waals surface area (Å²) in [6.45, 7) is 0.370. The SMILES string of the molecule is CN([C]1CCC1)c1ncnc2c1ccn2S(=O)(=O)c1ccc(CN)cc1. The Morgan fingerprint density at radius 1 is 1.15 bits per heavy atom. The van der Waals surface area contributed by atoms with Gasteiger partial charge in [-0.15, -0.1) is 0 Å². The molecule has 0 atom stereocenters. The maximum Gasteiger partial charge on any atom is 0.269 e. The van der Waals surface area contributed by atoms with Gasteiger partial charge in [0.2, 0.25) is 0 Å². The zero-order chi connectivity index (χ0) is 18.3. The predicted octanol–water partition coefficient (Wildman–Crippen LogP) is 2.28. The molecule has 2 heterocycles. The van der Waals surface area contributed by atoms with Crippen LogP contribution in [0, 0.1) is 6.04 Å². The molecule has 1 aliphatic carbocycles. The Balaban J connectivity index is 1.79. The number of hydrogen-bond acceptors (Lipinski definition) is 6. The van der Waals surface area contributed by atoms with E-state index in [0.717, 1.165) is 29.6 Å². The fourth-order valence-electron chi connectivity index (χ4n) is 3.11. The Morgan fingerprint density at radius 3 is 2.50 bits per heavy atom. The lowest BCUT2D eigenvalue weighted by Crippen LogP contribution is -2.30. The van der Waals surface area contributed by atoms with Gasteiger partial charge in [-0.25, -0.2) is 22.4 Å². The molecule has 0 unspecified atom stereocenters. The highest BCUT2D eigenvalue weighted by Crippen LogP contribution is 2.36. The van der Waals surface area contributed by atoms with Crippen LogP contribution in [0.15, 0.2) is 47.8 Å². The summed E-state index contributed by atoms with van der Waals surface area (Å²) in [5, 5.41) is 0.719. The number of nitrogens with two attached hydrogens (primary N) is 1. The van der Waals surface area contributed by atoms with Crippen molar-refractivity contribution in [3.63, 3.8) is 0 Å². The molecule has 3 aromatic rings. The molecule has 8 heteroatoms. The average molecular weight is 370 g/mol. The number of anilines is 1. The maximum atomic E-state index is 13.0. The van der Waals surface area contributed by atoms with Crippen molar-refractivity contribution in [2.45, 2.75) is 30.7 Å². The predicted molar refractivity (Wildman–Crippen MR) is 99.9 cm³/mol. The number of hydrogen-bond donors (Lipinski definition) is 1. The van der Waals surface area contributed by atoms with Gasteiger partial charge in [-0.3, -0.25) is 0 Å². The summed E-state index contributed by atoms with van der Waals surface area (Å²) in [5.41, 5.74) is 6.84. The second-order valence-corrected chi connectivity index (χ2v) is 8.19. The molecular formula is C18H20N5O2S. The third kappa shape index (κ3) is 2.65. The molecule has 1 aromatic carbocycles. The van der Waals surface area contributed by atoms with Crippen molar-refractivity contribution in [1.82, 2.24) is 13.9 Å². The van der Waals surface area contributed by atoms with Gasteiger partial charge in [0.25, 0.3) is 10.0 Å². The number of nitrogens with zero attached hydrogens (tertiary/aromatic N) is 4. The smallest absolute Gasteiger partial charge is 0.269 e. The topological polar surface area (TPSA) is 94.1 Å². The minimum atomic E-state index is -3.74. The molecule has 26 heavy (non-hydrogen) atoms. The maximum absolute atomic E-state index is 13.0. The molecule has 0 spiro atoms. The van der Waals surface area contributed by atoms with Crippen LogP contribution in [0.25, 0.3) is 11.0 Å². The number of aromatic nitrogens is 3. The van der Waals surface area contributed by atoms with Crippen molar-refractivity contribution in [3.05, 3.63) is 54.5 Å². The van der Waals surface area contributed by atoms with E-state index in [0.29, 0.717) is 12.2 Å². The van der Waals surface area contributed by atoms with E-state index in [-0.39, 0.29) is 4.90 Å². The third-order valence-electron chi connectivity index (χ3n) is 4.87. The first kappa shape index (κ1) is 17.0. The summed E-state index contributed by atoms with van der Waals surface area (Å²) in [6.07, 6.45) is 6.23. The Labute approximate surface area is 152 Å². The highest BCUT2D eigenvalue weighted by atomic mass is 32.2. The van der Waals surface area contributed by atoms with Crippen molar-refractivity contribution in [2.24, 2.45) is 5.73 Å². The first-order chi connectivity index (χ1) is 12.5. The molecular weight excluding hydrogens is 350 g/mol. The van der Waals surface area contributed by atoms with E-state index in [2.05, 4.69) is 9.97 Å². The minimum absolute atomic E-state index is 0.203. The molecule has 1 aliphatic rings. The van der Waals surface area contributed by atoms with Gasteiger partial charge in [0.1, 0.15) is 12.1 Å². The van der Waals surface area contributed by atoms with Crippen LogP contribution in [-0.4, -0.2) is 29.4 Å². The van der Waals surface area contributed by atoms with Gasteiger partial charge in [0.05, 0.1) is 16.3 Å². The third-order valence-corrected chi connectivity index (χ3v) is 6.55. The molecule has 0 aliphatic heterocycles. The molecule has 135 valence electrons. The second-order valence-electron chi connectivity index (χ2n) is 6.38. The van der Waals surface area contributed by atoms with E-state index in [1.807, 2.05) is 11.9 Å². The summed E-state index contributed by atoms with van der Waals surface area (Å²) in [5.74, 6) is 0.733. The fraction of sp³-hybridized carbons (Fsp3) is 0.278. The lowest BCUT2D eigenvalue weighted by atomic mass is 9.92. The molecule has 0 bridgehead atoms. The molecule has 1 radical (unpaired) electrons. The summed E-state index contributed by atoms with van der Waals surface area (Å²) in [7, 11) is -1.78. The molecule has 2 N–H and O–H groups in total. The monoisotopic (exact) mass is 370 g/mol. The zero-order valence-electron chi connectivity index (χ0n) is 14.5. The number of fused-ring (bicyclic) bond motifs is 1. The molecule has 0 amide bonds. The van der Waals surface area contributed by atoms with E-state index < -0.39 is 10.0 Å². The van der Waals surface area contributed by atoms with Gasteiger partial charge in [0, 0.05) is 19.8 Å². The Morgan fingerprint density at radius 2 is 1.88 bits per heavy atom. The van der Waals surface area contributed by atoms with Crippen LogP contribution in [-0.2, 0) is 16.6 Å². The Bertz CT molecular complexity index is 1040. The first-order valence-corrected chi connectivity index (χ1v) is 9.91. The van der Waals surface area contributed by atoms with Gasteiger partial charge < -0.3 is 10.6 Å². The van der Waals surface area contributed by atoms with Crippen molar-refractivity contribution in [2.75, 3.05) is 11.9 Å². The lowest BCUT2D eigenvalue weighted by Gasteiger charge is -2.34. The van der Waals surface area contributed by atoms with Crippen LogP contribution in [0.4, 0.5) is 5.82 Å². The van der Waals surface area contributed by atoms with E-state index in [1.165, 1.54) is 29.0 Å². The highest BCUT2D eigenvalue weighted by molar-refractivity contribution is 7.90. The van der Waals surface area contributed by atoms with Crippen LogP contribution in [0.5, 0.6) is 0 Å². The van der Waals surface area contributed by atoms with Crippen molar-refractivity contribution in [1.29, 1.82) is 0 Å². The highest BCUT2D eigenvalue weighted by Gasteiger charge is 2.27. The average Bonchev–Trinajstić information content (AvgIpc) is 3.05. The summed E-state index contributed by atoms with van der Waals surface area (Å²) in [4.78, 5) is 10.8. The normalized spacial score (nSPS) is 15.2. The molecule has 0 saturated heterocycles. The fourth-order valence-corrected chi connectivity index (χ4v) is 4.41. The van der Waals surface area contributed by atoms with Gasteiger partial charge >= 0.3 is 0 Å². The van der Waals surface area contributed by atoms with Gasteiger partial charge in [-0.2, -0.15) is 0 Å². The van der Waals surface area contributed by atoms with E-state index in [1.54, 1.807) is 30.3 Å². The number of benzene rings is 1. The van der Waals surface area contributed by atoms with Crippen LogP contribution in [0.1, 0.15) is 24.8 Å². The zero-order valence-corrected chi connectivity index (χ0v) is 15.3. The van der Waals surface area contributed by atoms with E-state index in [9.17, 15) is 8.42 Å². The molecule has 1 saturated carbocycles. The second kappa shape index (κ2) is 6.37. The van der Waals surface area contributed by atoms with Crippen LogP contribution in [0.2, 0.25) is 0 Å². The standard InChI is InChI=1S/C18H20N5O2S/c1-22(14-3-2-4-14)17-16-9-10-23(18(16)21-12-20-17)26(24,25)15-7-5-13(11-19)6-8-15/h5-10,12H,2-4,11,19H2,1H3. The van der Waals surface area contributed by atoms with Crippen molar-refractivity contribution < 1.29 is 8.42 Å². The quantitative estimate of drug-likeness (QED) is 0.740. The van der Waals surface area contributed by atoms with Crippen LogP contribution >= 0.6 is 0 Å². The Hall–Kier alpha value is -2.45. The van der Waals surface area contributed by atoms with E-state index >= 15 is 0 Å². The summed E-state index contributed by atoms with van der Waals surface area (Å²) >= 11 is 0. The Kier molecular flexibility index (Phi) is 4.16. The van der Waals surface area contributed by atoms with Gasteiger partial charge in [0.15, 0.2) is 5.65 Å². The van der Waals surface area contributed by atoms with Crippen LogP contribution < -0.4 is 10.6 Å². The summed E-state index contributed by atoms with van der Waals surface area (Å²) in [6, 6.07) is 9.65. The molecule has 4 rings (SSSR count).